The van der Waals surface area contributed by atoms with Gasteiger partial charge in [-0.2, -0.15) is 0 Å². The maximum absolute atomic E-state index is 12.1. The number of ether oxygens (including phenoxy) is 1. The molecular weight excluding hydrogens is 284 g/mol. The number of nitrogens with zero attached hydrogens (tertiary/aromatic N) is 2. The zero-order chi connectivity index (χ0) is 15.6. The minimum absolute atomic E-state index is 0.116. The van der Waals surface area contributed by atoms with Crippen LogP contribution in [-0.4, -0.2) is 30.6 Å². The number of thiazole rings is 1. The lowest BCUT2D eigenvalue weighted by Crippen LogP contribution is -2.33. The first-order chi connectivity index (χ1) is 9.95. The van der Waals surface area contributed by atoms with Crippen molar-refractivity contribution >= 4 is 22.4 Å². The normalized spacial score (nSPS) is 19.2. The molecule has 1 aromatic heterocycles. The topological polar surface area (TPSA) is 42.4 Å². The maximum Gasteiger partial charge on any atom is 0.315 e. The Labute approximate surface area is 131 Å². The molecule has 0 N–H and O–H groups in total. The van der Waals surface area contributed by atoms with Crippen molar-refractivity contribution < 1.29 is 9.53 Å². The van der Waals surface area contributed by atoms with Crippen LogP contribution in [0.25, 0.3) is 0 Å². The highest BCUT2D eigenvalue weighted by atomic mass is 32.1. The van der Waals surface area contributed by atoms with E-state index in [0.29, 0.717) is 18.6 Å². The highest BCUT2D eigenvalue weighted by Gasteiger charge is 2.32. The Morgan fingerprint density at radius 2 is 2.19 bits per heavy atom. The molecular formula is C16H26N2O2S. The van der Waals surface area contributed by atoms with Gasteiger partial charge in [0.2, 0.25) is 0 Å². The zero-order valence-corrected chi connectivity index (χ0v) is 14.5. The van der Waals surface area contributed by atoms with Crippen molar-refractivity contribution in [3.63, 3.8) is 0 Å². The molecule has 0 radical (unpaired) electrons. The van der Waals surface area contributed by atoms with E-state index in [4.69, 9.17) is 9.72 Å². The average molecular weight is 310 g/mol. The predicted molar refractivity (Wildman–Crippen MR) is 87.1 cm³/mol. The second-order valence-corrected chi connectivity index (χ2v) is 7.16. The van der Waals surface area contributed by atoms with Crippen LogP contribution in [0.5, 0.6) is 0 Å². The lowest BCUT2D eigenvalue weighted by Gasteiger charge is -2.27. The van der Waals surface area contributed by atoms with Gasteiger partial charge in [0.15, 0.2) is 5.13 Å². The molecule has 5 heteroatoms. The highest BCUT2D eigenvalue weighted by molar-refractivity contribution is 7.15. The summed E-state index contributed by atoms with van der Waals surface area (Å²) >= 11 is 1.74. The van der Waals surface area contributed by atoms with Crippen molar-refractivity contribution in [1.29, 1.82) is 0 Å². The summed E-state index contributed by atoms with van der Waals surface area (Å²) in [6.45, 7) is 8.94. The smallest absolute Gasteiger partial charge is 0.315 e. The molecule has 0 bridgehead atoms. The number of aryl methyl sites for hydroxylation is 1. The van der Waals surface area contributed by atoms with E-state index in [1.54, 1.807) is 11.3 Å². The minimum atomic E-state index is -0.165. The highest BCUT2D eigenvalue weighted by Crippen LogP contribution is 2.39. The summed E-state index contributed by atoms with van der Waals surface area (Å²) < 4.78 is 5.21. The largest absolute Gasteiger partial charge is 0.465 e. The summed E-state index contributed by atoms with van der Waals surface area (Å²) in [5.41, 5.74) is 0.961. The Morgan fingerprint density at radius 1 is 1.48 bits per heavy atom. The van der Waals surface area contributed by atoms with Crippen LogP contribution in [0.3, 0.4) is 0 Å². The van der Waals surface area contributed by atoms with Crippen molar-refractivity contribution in [2.24, 2.45) is 5.92 Å². The summed E-state index contributed by atoms with van der Waals surface area (Å²) in [6, 6.07) is 0.429. The van der Waals surface area contributed by atoms with Gasteiger partial charge in [-0.25, -0.2) is 4.98 Å². The van der Waals surface area contributed by atoms with E-state index in [1.165, 1.54) is 4.88 Å². The van der Waals surface area contributed by atoms with Crippen molar-refractivity contribution in [2.45, 2.75) is 58.9 Å². The van der Waals surface area contributed by atoms with E-state index in [9.17, 15) is 4.79 Å². The van der Waals surface area contributed by atoms with E-state index < -0.39 is 0 Å². The molecule has 0 aromatic carbocycles. The maximum atomic E-state index is 12.1. The number of fused-ring (bicyclic) bond motifs is 1. The third kappa shape index (κ3) is 3.39. The summed E-state index contributed by atoms with van der Waals surface area (Å²) in [7, 11) is 2.09. The van der Waals surface area contributed by atoms with Crippen LogP contribution in [0.15, 0.2) is 0 Å². The third-order valence-corrected chi connectivity index (χ3v) is 5.61. The summed E-state index contributed by atoms with van der Waals surface area (Å²) in [5.74, 6) is 0.285. The Bertz CT molecular complexity index is 498. The Balaban J connectivity index is 2.24. The Morgan fingerprint density at radius 3 is 2.81 bits per heavy atom. The van der Waals surface area contributed by atoms with Gasteiger partial charge in [-0.1, -0.05) is 13.8 Å². The van der Waals surface area contributed by atoms with Gasteiger partial charge in [0.25, 0.3) is 0 Å². The second kappa shape index (κ2) is 6.77. The summed E-state index contributed by atoms with van der Waals surface area (Å²) in [6.07, 6.45) is 2.94. The van der Waals surface area contributed by atoms with Crippen LogP contribution in [-0.2, 0) is 16.0 Å². The van der Waals surface area contributed by atoms with Crippen molar-refractivity contribution in [2.75, 3.05) is 18.6 Å². The monoisotopic (exact) mass is 310 g/mol. The molecule has 0 amide bonds. The molecule has 0 saturated heterocycles. The Kier molecular flexibility index (Phi) is 5.25. The third-order valence-electron chi connectivity index (χ3n) is 4.39. The van der Waals surface area contributed by atoms with E-state index >= 15 is 0 Å². The minimum Gasteiger partial charge on any atom is -0.465 e. The lowest BCUT2D eigenvalue weighted by atomic mass is 9.91. The van der Waals surface area contributed by atoms with Crippen LogP contribution in [0.4, 0.5) is 5.13 Å². The van der Waals surface area contributed by atoms with Crippen molar-refractivity contribution in [1.82, 2.24) is 4.98 Å². The molecule has 0 fully saturated rings. The fourth-order valence-corrected chi connectivity index (χ4v) is 3.86. The van der Waals surface area contributed by atoms with Gasteiger partial charge < -0.3 is 9.64 Å². The van der Waals surface area contributed by atoms with Crippen molar-refractivity contribution in [3.8, 4) is 0 Å². The molecule has 0 saturated carbocycles. The number of carbonyl (C=O) groups excluding carboxylic acids is 1. The van der Waals surface area contributed by atoms with Gasteiger partial charge in [-0.3, -0.25) is 4.79 Å². The molecule has 21 heavy (non-hydrogen) atoms. The fourth-order valence-electron chi connectivity index (χ4n) is 2.65. The quantitative estimate of drug-likeness (QED) is 0.779. The van der Waals surface area contributed by atoms with Crippen LogP contribution in [0.1, 0.15) is 57.0 Å². The number of rotatable bonds is 5. The first-order valence-corrected chi connectivity index (χ1v) is 8.66. The zero-order valence-electron chi connectivity index (χ0n) is 13.7. The van der Waals surface area contributed by atoms with Gasteiger partial charge in [0.05, 0.1) is 12.3 Å². The van der Waals surface area contributed by atoms with E-state index in [1.807, 2.05) is 6.92 Å². The molecule has 0 spiro atoms. The summed E-state index contributed by atoms with van der Waals surface area (Å²) in [5, 5.41) is 1.03. The molecule has 1 heterocycles. The number of hydrogen-bond donors (Lipinski definition) is 0. The number of aromatic nitrogens is 1. The van der Waals surface area contributed by atoms with E-state index in [0.717, 1.165) is 30.1 Å². The number of hydrogen-bond acceptors (Lipinski definition) is 5. The van der Waals surface area contributed by atoms with E-state index in [-0.39, 0.29) is 11.9 Å². The molecule has 2 atom stereocenters. The molecule has 1 aliphatic carbocycles. The Hall–Kier alpha value is -1.10. The number of carbonyl (C=O) groups is 1. The molecule has 118 valence electrons. The van der Waals surface area contributed by atoms with Crippen LogP contribution >= 0.6 is 11.3 Å². The standard InChI is InChI=1S/C16H26N2O2S/c1-6-20-15(19)12-8-7-9-13-14(12)17-16(21-13)18(5)11(4)10(2)3/h10-12H,6-9H2,1-5H3. The van der Waals surface area contributed by atoms with Gasteiger partial charge in [0.1, 0.15) is 5.92 Å². The fraction of sp³-hybridized carbons (Fsp3) is 0.750. The molecule has 2 rings (SSSR count). The first-order valence-electron chi connectivity index (χ1n) is 7.84. The van der Waals surface area contributed by atoms with Crippen LogP contribution in [0.2, 0.25) is 0 Å². The lowest BCUT2D eigenvalue weighted by molar-refractivity contribution is -0.145. The number of esters is 1. The molecule has 1 aromatic rings. The van der Waals surface area contributed by atoms with E-state index in [2.05, 4.69) is 32.7 Å². The second-order valence-electron chi connectivity index (χ2n) is 6.10. The summed E-state index contributed by atoms with van der Waals surface area (Å²) in [4.78, 5) is 20.4. The SMILES string of the molecule is CCOC(=O)C1CCCc2sc(N(C)C(C)C(C)C)nc21. The van der Waals surface area contributed by atoms with Gasteiger partial charge >= 0.3 is 5.97 Å². The van der Waals surface area contributed by atoms with Crippen LogP contribution in [0, 0.1) is 5.92 Å². The molecule has 4 nitrogen and oxygen atoms in total. The molecule has 0 aliphatic heterocycles. The average Bonchev–Trinajstić information content (AvgIpc) is 2.89. The van der Waals surface area contributed by atoms with Crippen molar-refractivity contribution in [3.05, 3.63) is 10.6 Å². The van der Waals surface area contributed by atoms with Gasteiger partial charge in [-0.15, -0.1) is 11.3 Å². The van der Waals surface area contributed by atoms with Gasteiger partial charge in [-0.05, 0) is 39.0 Å². The van der Waals surface area contributed by atoms with Crippen LogP contribution < -0.4 is 4.90 Å². The van der Waals surface area contributed by atoms with Gasteiger partial charge in [0, 0.05) is 18.0 Å². The number of anilines is 1. The predicted octanol–water partition coefficient (Wildman–Crippen LogP) is 3.61. The molecule has 2 unspecified atom stereocenters. The molecule has 1 aliphatic rings. The first kappa shape index (κ1) is 16.3.